The number of fused-ring (bicyclic) bond motifs is 2. The largest absolute Gasteiger partial charge is 0.355 e. The van der Waals surface area contributed by atoms with E-state index >= 15 is 0 Å². The molecule has 1 aliphatic heterocycles. The SMILES string of the molecule is Cc1cc2c(cn1)CC1(CCN(c3nc(C)c(-c4ccccc4)n4nccc34)CC1)[C@@H]2N.Cl. The standard InChI is InChI=1S/C26H28N6.ClH/c1-17-14-21-20(16-28-17)15-26(24(21)27)9-12-31(13-10-26)25-22-8-11-29-32(22)23(18(2)30-25)19-6-4-3-5-7-19;/h3-8,11,14,16,24H,9-10,12-13,15,27H2,1-2H3;1H/t24-;/m1./s1. The molecule has 1 atom stereocenters. The summed E-state index contributed by atoms with van der Waals surface area (Å²) in [7, 11) is 0. The number of nitrogens with two attached hydrogens (primary N) is 1. The maximum atomic E-state index is 6.82. The Morgan fingerprint density at radius 3 is 2.58 bits per heavy atom. The molecule has 0 bridgehead atoms. The molecule has 0 radical (unpaired) electrons. The van der Waals surface area contributed by atoms with Crippen molar-refractivity contribution in [2.24, 2.45) is 11.1 Å². The van der Waals surface area contributed by atoms with Gasteiger partial charge in [-0.15, -0.1) is 12.4 Å². The first-order valence-electron chi connectivity index (χ1n) is 11.4. The lowest BCUT2D eigenvalue weighted by molar-refractivity contribution is 0.187. The number of hydrogen-bond acceptors (Lipinski definition) is 5. The van der Waals surface area contributed by atoms with Crippen LogP contribution in [0.1, 0.15) is 41.4 Å². The molecule has 4 aromatic rings. The predicted octanol–water partition coefficient (Wildman–Crippen LogP) is 4.67. The van der Waals surface area contributed by atoms with Crippen LogP contribution in [0, 0.1) is 19.3 Å². The van der Waals surface area contributed by atoms with E-state index in [1.54, 1.807) is 0 Å². The molecule has 1 fully saturated rings. The van der Waals surface area contributed by atoms with Gasteiger partial charge < -0.3 is 10.6 Å². The summed E-state index contributed by atoms with van der Waals surface area (Å²) < 4.78 is 2.04. The lowest BCUT2D eigenvalue weighted by atomic mass is 9.73. The molecule has 2 aliphatic rings. The van der Waals surface area contributed by atoms with Crippen LogP contribution in [-0.4, -0.2) is 32.7 Å². The first-order chi connectivity index (χ1) is 15.6. The monoisotopic (exact) mass is 460 g/mol. The molecular formula is C26H29ClN6. The Morgan fingerprint density at radius 1 is 1.06 bits per heavy atom. The molecule has 3 aromatic heterocycles. The molecule has 0 unspecified atom stereocenters. The molecule has 1 aliphatic carbocycles. The molecule has 1 spiro atoms. The molecule has 2 N–H and O–H groups in total. The molecule has 33 heavy (non-hydrogen) atoms. The lowest BCUT2D eigenvalue weighted by Gasteiger charge is -2.42. The third-order valence-corrected chi connectivity index (χ3v) is 7.50. The van der Waals surface area contributed by atoms with Crippen molar-refractivity contribution >= 4 is 23.7 Å². The van der Waals surface area contributed by atoms with Crippen molar-refractivity contribution in [2.75, 3.05) is 18.0 Å². The fourth-order valence-electron chi connectivity index (χ4n) is 5.75. The van der Waals surface area contributed by atoms with E-state index in [-0.39, 0.29) is 23.9 Å². The van der Waals surface area contributed by atoms with Crippen molar-refractivity contribution < 1.29 is 0 Å². The van der Waals surface area contributed by atoms with E-state index in [0.717, 1.165) is 66.3 Å². The number of rotatable bonds is 2. The fraction of sp³-hybridized carbons (Fsp3) is 0.346. The van der Waals surface area contributed by atoms with Crippen molar-refractivity contribution in [2.45, 2.75) is 39.2 Å². The van der Waals surface area contributed by atoms with Crippen molar-refractivity contribution in [3.8, 4) is 11.3 Å². The van der Waals surface area contributed by atoms with Crippen LogP contribution in [0.2, 0.25) is 0 Å². The van der Waals surface area contributed by atoms with Crippen molar-refractivity contribution in [1.29, 1.82) is 0 Å². The van der Waals surface area contributed by atoms with E-state index in [4.69, 9.17) is 10.7 Å². The fourth-order valence-corrected chi connectivity index (χ4v) is 5.75. The highest BCUT2D eigenvalue weighted by atomic mass is 35.5. The van der Waals surface area contributed by atoms with E-state index in [1.165, 1.54) is 11.1 Å². The highest BCUT2D eigenvalue weighted by Crippen LogP contribution is 2.51. The van der Waals surface area contributed by atoms with Gasteiger partial charge in [0.2, 0.25) is 0 Å². The van der Waals surface area contributed by atoms with Crippen LogP contribution in [0.4, 0.5) is 5.82 Å². The van der Waals surface area contributed by atoms with Crippen LogP contribution in [0.25, 0.3) is 16.8 Å². The number of nitrogens with zero attached hydrogens (tertiary/aromatic N) is 5. The Labute approximate surface area is 200 Å². The van der Waals surface area contributed by atoms with Gasteiger partial charge in [-0.3, -0.25) is 4.98 Å². The number of pyridine rings is 1. The van der Waals surface area contributed by atoms with Gasteiger partial charge in [-0.1, -0.05) is 30.3 Å². The van der Waals surface area contributed by atoms with Crippen LogP contribution in [0.15, 0.2) is 54.9 Å². The van der Waals surface area contributed by atoms with Crippen molar-refractivity contribution in [1.82, 2.24) is 19.6 Å². The van der Waals surface area contributed by atoms with E-state index in [2.05, 4.69) is 58.3 Å². The molecule has 6 nitrogen and oxygen atoms in total. The zero-order valence-corrected chi connectivity index (χ0v) is 19.8. The maximum absolute atomic E-state index is 6.82. The van der Waals surface area contributed by atoms with E-state index < -0.39 is 0 Å². The van der Waals surface area contributed by atoms with Crippen molar-refractivity contribution in [3.63, 3.8) is 0 Å². The minimum Gasteiger partial charge on any atom is -0.355 e. The van der Waals surface area contributed by atoms with Gasteiger partial charge in [-0.2, -0.15) is 5.10 Å². The van der Waals surface area contributed by atoms with Crippen LogP contribution < -0.4 is 10.6 Å². The first kappa shape index (κ1) is 21.9. The number of hydrogen-bond donors (Lipinski definition) is 1. The van der Waals surface area contributed by atoms with Crippen LogP contribution in [-0.2, 0) is 6.42 Å². The van der Waals surface area contributed by atoms with Crippen LogP contribution in [0.3, 0.4) is 0 Å². The number of anilines is 1. The van der Waals surface area contributed by atoms with Crippen LogP contribution in [0.5, 0.6) is 0 Å². The van der Waals surface area contributed by atoms with Gasteiger partial charge in [0.05, 0.1) is 17.6 Å². The third-order valence-electron chi connectivity index (χ3n) is 7.50. The topological polar surface area (TPSA) is 72.3 Å². The molecular weight excluding hydrogens is 432 g/mol. The van der Waals surface area contributed by atoms with Gasteiger partial charge in [-0.05, 0) is 61.8 Å². The summed E-state index contributed by atoms with van der Waals surface area (Å²) in [5, 5.41) is 4.65. The van der Waals surface area contributed by atoms with Gasteiger partial charge in [0, 0.05) is 36.6 Å². The van der Waals surface area contributed by atoms with Gasteiger partial charge in [0.25, 0.3) is 0 Å². The van der Waals surface area contributed by atoms with Crippen molar-refractivity contribution in [3.05, 3.63) is 77.4 Å². The molecule has 0 saturated carbocycles. The average Bonchev–Trinajstić information content (AvgIpc) is 3.39. The smallest absolute Gasteiger partial charge is 0.155 e. The molecule has 1 saturated heterocycles. The maximum Gasteiger partial charge on any atom is 0.155 e. The second kappa shape index (κ2) is 8.12. The summed E-state index contributed by atoms with van der Waals surface area (Å²) in [4.78, 5) is 12.0. The third kappa shape index (κ3) is 3.40. The lowest BCUT2D eigenvalue weighted by Crippen LogP contribution is -2.44. The average molecular weight is 461 g/mol. The van der Waals surface area contributed by atoms with Gasteiger partial charge in [-0.25, -0.2) is 9.50 Å². The molecule has 7 heteroatoms. The second-order valence-corrected chi connectivity index (χ2v) is 9.39. The normalized spacial score (nSPS) is 19.0. The summed E-state index contributed by atoms with van der Waals surface area (Å²) in [6, 6.07) is 14.7. The highest BCUT2D eigenvalue weighted by molar-refractivity contribution is 5.85. The Hall–Kier alpha value is -2.96. The van der Waals surface area contributed by atoms with Crippen LogP contribution >= 0.6 is 12.4 Å². The molecule has 6 rings (SSSR count). The second-order valence-electron chi connectivity index (χ2n) is 9.39. The first-order valence-corrected chi connectivity index (χ1v) is 11.4. The minimum absolute atomic E-state index is 0. The summed E-state index contributed by atoms with van der Waals surface area (Å²) in [5.41, 5.74) is 14.9. The van der Waals surface area contributed by atoms with Gasteiger partial charge in [0.1, 0.15) is 5.52 Å². The number of benzene rings is 1. The highest BCUT2D eigenvalue weighted by Gasteiger charge is 2.46. The number of halogens is 1. The molecule has 170 valence electrons. The predicted molar refractivity (Wildman–Crippen MR) is 134 cm³/mol. The molecule has 1 aromatic carbocycles. The van der Waals surface area contributed by atoms with Gasteiger partial charge >= 0.3 is 0 Å². The van der Waals surface area contributed by atoms with E-state index in [9.17, 15) is 0 Å². The Morgan fingerprint density at radius 2 is 1.82 bits per heavy atom. The van der Waals surface area contributed by atoms with Gasteiger partial charge in [0.15, 0.2) is 5.82 Å². The Balaban J connectivity index is 0.00000228. The Kier molecular flexibility index (Phi) is 5.38. The van der Waals surface area contributed by atoms with E-state index in [0.29, 0.717) is 0 Å². The molecule has 0 amide bonds. The number of aryl methyl sites for hydroxylation is 2. The zero-order valence-electron chi connectivity index (χ0n) is 19.0. The molecule has 4 heterocycles. The Bertz CT molecular complexity index is 1310. The summed E-state index contributed by atoms with van der Waals surface area (Å²) in [5.74, 6) is 1.02. The summed E-state index contributed by atoms with van der Waals surface area (Å²) in [6.45, 7) is 6.03. The quantitative estimate of drug-likeness (QED) is 0.470. The zero-order chi connectivity index (χ0) is 21.9. The number of aromatic nitrogens is 4. The number of piperidine rings is 1. The summed E-state index contributed by atoms with van der Waals surface area (Å²) >= 11 is 0. The minimum atomic E-state index is 0. The van der Waals surface area contributed by atoms with E-state index in [1.807, 2.05) is 29.9 Å². The summed E-state index contributed by atoms with van der Waals surface area (Å²) in [6.07, 6.45) is 7.06.